The second kappa shape index (κ2) is 10.4. The highest BCUT2D eigenvalue weighted by Gasteiger charge is 2.20. The highest BCUT2D eigenvalue weighted by Crippen LogP contribution is 2.26. The topological polar surface area (TPSA) is 78.2 Å². The van der Waals surface area contributed by atoms with E-state index in [-0.39, 0.29) is 24.0 Å². The number of nitrogens with zero attached hydrogens (tertiary/aromatic N) is 3. The van der Waals surface area contributed by atoms with Crippen molar-refractivity contribution in [3.63, 3.8) is 0 Å². The molecule has 0 fully saturated rings. The molecule has 2 aromatic carbocycles. The second-order valence-corrected chi connectivity index (χ2v) is 9.59. The molecular formula is C29H34N4O3. The third-order valence-electron chi connectivity index (χ3n) is 6.41. The zero-order valence-electron chi connectivity index (χ0n) is 21.9. The van der Waals surface area contributed by atoms with E-state index in [1.807, 2.05) is 87.8 Å². The van der Waals surface area contributed by atoms with Crippen LogP contribution in [0.25, 0.3) is 16.7 Å². The Bertz CT molecular complexity index is 1450. The van der Waals surface area contributed by atoms with Gasteiger partial charge in [-0.05, 0) is 76.4 Å². The quantitative estimate of drug-likeness (QED) is 0.392. The fourth-order valence-electron chi connectivity index (χ4n) is 4.52. The lowest BCUT2D eigenvalue weighted by Crippen LogP contribution is -2.27. The summed E-state index contributed by atoms with van der Waals surface area (Å²) in [6.07, 6.45) is 0.726. The predicted molar refractivity (Wildman–Crippen MR) is 143 cm³/mol. The molecule has 0 bridgehead atoms. The van der Waals surface area contributed by atoms with Gasteiger partial charge in [-0.3, -0.25) is 14.2 Å². The fraction of sp³-hybridized carbons (Fsp3) is 0.345. The molecule has 0 spiro atoms. The lowest BCUT2D eigenvalue weighted by atomic mass is 10.0. The van der Waals surface area contributed by atoms with Crippen LogP contribution in [0.4, 0.5) is 0 Å². The van der Waals surface area contributed by atoms with Crippen molar-refractivity contribution in [1.82, 2.24) is 19.7 Å². The zero-order valence-corrected chi connectivity index (χ0v) is 21.9. The molecular weight excluding hydrogens is 452 g/mol. The number of benzene rings is 2. The van der Waals surface area contributed by atoms with Gasteiger partial charge >= 0.3 is 0 Å². The Morgan fingerprint density at radius 3 is 2.33 bits per heavy atom. The molecule has 0 atom stereocenters. The first-order chi connectivity index (χ1) is 17.2. The highest BCUT2D eigenvalue weighted by atomic mass is 16.5. The van der Waals surface area contributed by atoms with Crippen molar-refractivity contribution >= 4 is 16.9 Å². The normalized spacial score (nSPS) is 11.3. The number of carbonyl (C=O) groups is 1. The van der Waals surface area contributed by atoms with Crippen molar-refractivity contribution in [2.45, 2.75) is 60.1 Å². The van der Waals surface area contributed by atoms with Gasteiger partial charge in [0.15, 0.2) is 0 Å². The van der Waals surface area contributed by atoms with Gasteiger partial charge < -0.3 is 10.1 Å². The van der Waals surface area contributed by atoms with Gasteiger partial charge in [-0.1, -0.05) is 29.8 Å². The van der Waals surface area contributed by atoms with Crippen molar-refractivity contribution in [3.05, 3.63) is 86.8 Å². The minimum atomic E-state index is -0.0956. The summed E-state index contributed by atoms with van der Waals surface area (Å²) < 4.78 is 9.13. The summed E-state index contributed by atoms with van der Waals surface area (Å²) in [6.45, 7) is 10.3. The molecule has 4 aromatic rings. The van der Waals surface area contributed by atoms with Crippen molar-refractivity contribution in [2.75, 3.05) is 0 Å². The molecule has 4 rings (SSSR count). The Morgan fingerprint density at radius 2 is 1.69 bits per heavy atom. The maximum absolute atomic E-state index is 13.3. The van der Waals surface area contributed by atoms with E-state index in [0.29, 0.717) is 18.5 Å². The molecule has 0 aliphatic carbocycles. The molecule has 0 saturated heterocycles. The first kappa shape index (κ1) is 25.2. The summed E-state index contributed by atoms with van der Waals surface area (Å²) in [7, 11) is 1.77. The first-order valence-electron chi connectivity index (χ1n) is 12.3. The van der Waals surface area contributed by atoms with E-state index in [9.17, 15) is 9.59 Å². The number of hydrogen-bond acceptors (Lipinski definition) is 4. The molecule has 0 unspecified atom stereocenters. The molecule has 1 N–H and O–H groups in total. The predicted octanol–water partition coefficient (Wildman–Crippen LogP) is 4.69. The maximum atomic E-state index is 13.3. The first-order valence-corrected chi connectivity index (χ1v) is 12.3. The second-order valence-electron chi connectivity index (χ2n) is 9.59. The number of fused-ring (bicyclic) bond motifs is 1. The van der Waals surface area contributed by atoms with Gasteiger partial charge in [-0.25, -0.2) is 4.68 Å². The third kappa shape index (κ3) is 5.20. The van der Waals surface area contributed by atoms with Crippen molar-refractivity contribution in [2.24, 2.45) is 7.05 Å². The number of carbonyl (C=O) groups excluding carboxylic acids is 1. The van der Waals surface area contributed by atoms with Gasteiger partial charge in [0, 0.05) is 31.0 Å². The number of rotatable bonds is 8. The van der Waals surface area contributed by atoms with Crippen LogP contribution in [0.15, 0.2) is 53.3 Å². The number of aromatic nitrogens is 3. The summed E-state index contributed by atoms with van der Waals surface area (Å²) >= 11 is 0. The molecule has 0 aliphatic rings. The molecule has 7 heteroatoms. The highest BCUT2D eigenvalue weighted by molar-refractivity contribution is 5.85. The Hall–Kier alpha value is -3.87. The van der Waals surface area contributed by atoms with Crippen LogP contribution in [-0.2, 0) is 24.8 Å². The molecule has 188 valence electrons. The largest absolute Gasteiger partial charge is 0.491 e. The van der Waals surface area contributed by atoms with E-state index in [1.165, 1.54) is 0 Å². The molecule has 2 heterocycles. The van der Waals surface area contributed by atoms with Gasteiger partial charge in [0.2, 0.25) is 5.91 Å². The molecule has 7 nitrogen and oxygen atoms in total. The number of amides is 1. The summed E-state index contributed by atoms with van der Waals surface area (Å²) in [5.74, 6) is 0.717. The minimum Gasteiger partial charge on any atom is -0.491 e. The van der Waals surface area contributed by atoms with Crippen molar-refractivity contribution < 1.29 is 9.53 Å². The van der Waals surface area contributed by atoms with Gasteiger partial charge in [-0.15, -0.1) is 0 Å². The average molecular weight is 487 g/mol. The van der Waals surface area contributed by atoms with Gasteiger partial charge in [0.25, 0.3) is 5.56 Å². The zero-order chi connectivity index (χ0) is 26.0. The number of hydrogen-bond donors (Lipinski definition) is 1. The number of nitrogens with one attached hydrogen (secondary N) is 1. The Kier molecular flexibility index (Phi) is 7.29. The molecule has 1 amide bonds. The SMILES string of the molecule is Cc1ccc(-n2nc(C)c3c(C)c(CCC(=O)NCc4ccc(OC(C)C)cc4)c(=O)n(C)c32)cc1. The van der Waals surface area contributed by atoms with Crippen LogP contribution in [0.1, 0.15) is 48.2 Å². The van der Waals surface area contributed by atoms with Crippen LogP contribution in [0, 0.1) is 20.8 Å². The average Bonchev–Trinajstić information content (AvgIpc) is 3.19. The van der Waals surface area contributed by atoms with E-state index < -0.39 is 0 Å². The summed E-state index contributed by atoms with van der Waals surface area (Å²) in [4.78, 5) is 25.9. The smallest absolute Gasteiger partial charge is 0.255 e. The monoisotopic (exact) mass is 486 g/mol. The van der Waals surface area contributed by atoms with Crippen LogP contribution >= 0.6 is 0 Å². The van der Waals surface area contributed by atoms with E-state index in [2.05, 4.69) is 5.32 Å². The molecule has 0 saturated carbocycles. The van der Waals surface area contributed by atoms with Crippen molar-refractivity contribution in [3.8, 4) is 11.4 Å². The van der Waals surface area contributed by atoms with E-state index in [1.54, 1.807) is 11.6 Å². The van der Waals surface area contributed by atoms with Crippen LogP contribution < -0.4 is 15.6 Å². The van der Waals surface area contributed by atoms with Crippen LogP contribution in [0.5, 0.6) is 5.75 Å². The standard InChI is InChI=1S/C29H34N4O3/c1-18(2)36-24-13-9-22(10-14-24)17-30-26(34)16-15-25-20(4)27-21(5)31-33(28(27)32(6)29(25)35)23-11-7-19(3)8-12-23/h7-14,18H,15-17H2,1-6H3,(H,30,34). The van der Waals surface area contributed by atoms with Gasteiger partial charge in [0.05, 0.1) is 17.5 Å². The fourth-order valence-corrected chi connectivity index (χ4v) is 4.52. The minimum absolute atomic E-state index is 0.0915. The summed E-state index contributed by atoms with van der Waals surface area (Å²) in [5.41, 5.74) is 6.12. The van der Waals surface area contributed by atoms with Crippen LogP contribution in [-0.4, -0.2) is 26.4 Å². The molecule has 36 heavy (non-hydrogen) atoms. The van der Waals surface area contributed by atoms with Crippen LogP contribution in [0.3, 0.4) is 0 Å². The van der Waals surface area contributed by atoms with E-state index in [4.69, 9.17) is 9.84 Å². The number of pyridine rings is 1. The van der Waals surface area contributed by atoms with Gasteiger partial charge in [-0.2, -0.15) is 5.10 Å². The number of aryl methyl sites for hydroxylation is 4. The number of ether oxygens (including phenoxy) is 1. The summed E-state index contributed by atoms with van der Waals surface area (Å²) in [5, 5.41) is 8.65. The Labute approximate surface area is 211 Å². The Balaban J connectivity index is 1.50. The lowest BCUT2D eigenvalue weighted by molar-refractivity contribution is -0.121. The van der Waals surface area contributed by atoms with Crippen molar-refractivity contribution in [1.29, 1.82) is 0 Å². The van der Waals surface area contributed by atoms with Crippen LogP contribution in [0.2, 0.25) is 0 Å². The summed E-state index contributed by atoms with van der Waals surface area (Å²) in [6, 6.07) is 15.8. The van der Waals surface area contributed by atoms with Gasteiger partial charge in [0.1, 0.15) is 11.4 Å². The maximum Gasteiger partial charge on any atom is 0.255 e. The molecule has 2 aromatic heterocycles. The third-order valence-corrected chi connectivity index (χ3v) is 6.41. The van der Waals surface area contributed by atoms with E-state index >= 15 is 0 Å². The Morgan fingerprint density at radius 1 is 1.03 bits per heavy atom. The lowest BCUT2D eigenvalue weighted by Gasteiger charge is -2.13. The molecule has 0 radical (unpaired) electrons. The molecule has 0 aliphatic heterocycles. The van der Waals surface area contributed by atoms with E-state index in [0.717, 1.165) is 44.9 Å².